The molecule has 4 rings (SSSR count). The number of anilines is 2. The van der Waals surface area contributed by atoms with E-state index in [9.17, 15) is 0 Å². The van der Waals surface area contributed by atoms with E-state index in [0.717, 1.165) is 60.7 Å². The summed E-state index contributed by atoms with van der Waals surface area (Å²) in [7, 11) is 1.75. The van der Waals surface area contributed by atoms with E-state index in [1.54, 1.807) is 24.6 Å². The van der Waals surface area contributed by atoms with Crippen LogP contribution in [-0.2, 0) is 4.74 Å². The van der Waals surface area contributed by atoms with Gasteiger partial charge in [0, 0.05) is 49.4 Å². The van der Waals surface area contributed by atoms with Crippen molar-refractivity contribution < 1.29 is 4.74 Å². The maximum atomic E-state index is 6.48. The monoisotopic (exact) mass is 463 g/mol. The van der Waals surface area contributed by atoms with Crippen molar-refractivity contribution in [1.82, 2.24) is 15.3 Å². The predicted octanol–water partition coefficient (Wildman–Crippen LogP) is 5.42. The van der Waals surface area contributed by atoms with Gasteiger partial charge in [0.25, 0.3) is 0 Å². The van der Waals surface area contributed by atoms with Gasteiger partial charge in [-0.1, -0.05) is 24.4 Å². The van der Waals surface area contributed by atoms with Crippen LogP contribution in [0.1, 0.15) is 51.4 Å². The zero-order valence-corrected chi connectivity index (χ0v) is 19.9. The second-order valence-corrected chi connectivity index (χ2v) is 10.0. The van der Waals surface area contributed by atoms with E-state index in [2.05, 4.69) is 26.3 Å². The summed E-state index contributed by atoms with van der Waals surface area (Å²) >= 11 is 8.13. The van der Waals surface area contributed by atoms with Crippen LogP contribution in [0.15, 0.2) is 17.6 Å². The van der Waals surface area contributed by atoms with Crippen LogP contribution < -0.4 is 16.0 Å². The summed E-state index contributed by atoms with van der Waals surface area (Å²) in [5.41, 5.74) is 1.86. The Hall–Kier alpha value is -1.41. The van der Waals surface area contributed by atoms with E-state index in [0.29, 0.717) is 17.1 Å². The highest BCUT2D eigenvalue weighted by Gasteiger charge is 2.21. The molecule has 8 heteroatoms. The Balaban J connectivity index is 1.31. The first kappa shape index (κ1) is 22.8. The molecule has 2 fully saturated rings. The minimum Gasteiger partial charge on any atom is -0.383 e. The quantitative estimate of drug-likeness (QED) is 0.408. The molecule has 0 saturated heterocycles. The van der Waals surface area contributed by atoms with Crippen molar-refractivity contribution in [3.63, 3.8) is 0 Å². The molecule has 3 N–H and O–H groups in total. The summed E-state index contributed by atoms with van der Waals surface area (Å²) in [6.07, 6.45) is 11.7. The Bertz CT molecular complexity index is 818. The van der Waals surface area contributed by atoms with Crippen LogP contribution in [-0.4, -0.2) is 48.9 Å². The predicted molar refractivity (Wildman–Crippen MR) is 130 cm³/mol. The van der Waals surface area contributed by atoms with E-state index in [1.165, 1.54) is 38.5 Å². The number of nitrogens with zero attached hydrogens (tertiary/aromatic N) is 2. The van der Waals surface area contributed by atoms with Crippen LogP contribution in [0.5, 0.6) is 0 Å². The number of rotatable bonds is 10. The molecular weight excluding hydrogens is 430 g/mol. The van der Waals surface area contributed by atoms with Crippen molar-refractivity contribution in [2.75, 3.05) is 37.4 Å². The topological polar surface area (TPSA) is 71.1 Å². The number of thiazole rings is 1. The van der Waals surface area contributed by atoms with E-state index in [1.807, 2.05) is 6.07 Å². The zero-order valence-electron chi connectivity index (χ0n) is 18.3. The molecule has 0 amide bonds. The van der Waals surface area contributed by atoms with Gasteiger partial charge in [-0.25, -0.2) is 9.97 Å². The third-order valence-electron chi connectivity index (χ3n) is 6.47. The lowest BCUT2D eigenvalue weighted by Crippen LogP contribution is -2.38. The number of halogens is 1. The van der Waals surface area contributed by atoms with Crippen LogP contribution in [0.4, 0.5) is 10.9 Å². The lowest BCUT2D eigenvalue weighted by molar-refractivity contribution is 0.191. The first-order chi connectivity index (χ1) is 15.2. The van der Waals surface area contributed by atoms with E-state index >= 15 is 0 Å². The molecule has 2 aliphatic rings. The molecule has 0 spiro atoms. The maximum Gasteiger partial charge on any atom is 0.183 e. The fraction of sp³-hybridized carbons (Fsp3) is 0.652. The zero-order chi connectivity index (χ0) is 21.5. The minimum atomic E-state index is 0.445. The van der Waals surface area contributed by atoms with Crippen molar-refractivity contribution in [3.05, 3.63) is 22.7 Å². The minimum absolute atomic E-state index is 0.445. The van der Waals surface area contributed by atoms with Gasteiger partial charge >= 0.3 is 0 Å². The lowest BCUT2D eigenvalue weighted by Gasteiger charge is -2.30. The van der Waals surface area contributed by atoms with Crippen LogP contribution in [0.25, 0.3) is 11.3 Å². The number of nitrogens with one attached hydrogen (secondary N) is 3. The molecule has 0 aromatic carbocycles. The van der Waals surface area contributed by atoms with Crippen molar-refractivity contribution in [2.45, 2.75) is 63.5 Å². The van der Waals surface area contributed by atoms with Crippen LogP contribution in [0, 0.1) is 5.92 Å². The van der Waals surface area contributed by atoms with Crippen molar-refractivity contribution in [2.24, 2.45) is 5.92 Å². The van der Waals surface area contributed by atoms with Gasteiger partial charge in [-0.3, -0.25) is 0 Å². The second-order valence-electron chi connectivity index (χ2n) is 8.76. The van der Waals surface area contributed by atoms with Crippen molar-refractivity contribution >= 4 is 33.9 Å². The standard InChI is InChI=1S/C23H34ClN5OS/c1-30-11-10-25-17-6-8-18(9-7-17)28-22-12-19(20(24)14-26-22)21-15-31-23(29-21)27-13-16-4-2-3-5-16/h12,14-18,25H,2-11,13H2,1H3,(H,26,28)(H,27,29). The third-order valence-corrected chi connectivity index (χ3v) is 7.57. The Labute approximate surface area is 194 Å². The molecule has 0 atom stereocenters. The molecule has 6 nitrogen and oxygen atoms in total. The van der Waals surface area contributed by atoms with Gasteiger partial charge in [-0.2, -0.15) is 0 Å². The van der Waals surface area contributed by atoms with Crippen LogP contribution in [0.2, 0.25) is 5.02 Å². The smallest absolute Gasteiger partial charge is 0.183 e. The third kappa shape index (κ3) is 6.54. The fourth-order valence-corrected chi connectivity index (χ4v) is 5.58. The van der Waals surface area contributed by atoms with Crippen molar-refractivity contribution in [1.29, 1.82) is 0 Å². The number of hydrogen-bond acceptors (Lipinski definition) is 7. The number of hydrogen-bond donors (Lipinski definition) is 3. The fourth-order valence-electron chi connectivity index (χ4n) is 4.65. The Morgan fingerprint density at radius 2 is 1.90 bits per heavy atom. The molecule has 31 heavy (non-hydrogen) atoms. The Kier molecular flexibility index (Phi) is 8.41. The lowest BCUT2D eigenvalue weighted by atomic mass is 9.91. The van der Waals surface area contributed by atoms with Crippen molar-refractivity contribution in [3.8, 4) is 11.3 Å². The van der Waals surface area contributed by atoms with E-state index in [4.69, 9.17) is 21.3 Å². The first-order valence-corrected chi connectivity index (χ1v) is 12.8. The largest absolute Gasteiger partial charge is 0.383 e. The highest BCUT2D eigenvalue weighted by atomic mass is 35.5. The normalized spacial score (nSPS) is 22.0. The summed E-state index contributed by atoms with van der Waals surface area (Å²) in [6, 6.07) is 3.08. The summed E-state index contributed by atoms with van der Waals surface area (Å²) < 4.78 is 5.13. The van der Waals surface area contributed by atoms with Crippen LogP contribution >= 0.6 is 22.9 Å². The first-order valence-electron chi connectivity index (χ1n) is 11.6. The summed E-state index contributed by atoms with van der Waals surface area (Å²) in [5, 5.41) is 14.4. The van der Waals surface area contributed by atoms with Crippen LogP contribution in [0.3, 0.4) is 0 Å². The van der Waals surface area contributed by atoms with Gasteiger partial charge in [0.05, 0.1) is 17.3 Å². The Morgan fingerprint density at radius 3 is 2.68 bits per heavy atom. The van der Waals surface area contributed by atoms with E-state index < -0.39 is 0 Å². The molecule has 0 radical (unpaired) electrons. The SMILES string of the molecule is COCCNC1CCC(Nc2cc(-c3csc(NCC4CCCC4)n3)c(Cl)cn2)CC1. The second kappa shape index (κ2) is 11.5. The number of aromatic nitrogens is 2. The Morgan fingerprint density at radius 1 is 1.13 bits per heavy atom. The number of methoxy groups -OCH3 is 1. The molecular formula is C23H34ClN5OS. The molecule has 0 unspecified atom stereocenters. The van der Waals surface area contributed by atoms with Gasteiger partial charge in [0.1, 0.15) is 5.82 Å². The van der Waals surface area contributed by atoms with Gasteiger partial charge in [-0.15, -0.1) is 11.3 Å². The molecule has 2 aromatic heterocycles. The highest BCUT2D eigenvalue weighted by Crippen LogP contribution is 2.33. The summed E-state index contributed by atoms with van der Waals surface area (Å²) in [4.78, 5) is 9.30. The maximum absolute atomic E-state index is 6.48. The average molecular weight is 464 g/mol. The average Bonchev–Trinajstić information content (AvgIpc) is 3.47. The molecule has 170 valence electrons. The summed E-state index contributed by atoms with van der Waals surface area (Å²) in [6.45, 7) is 2.71. The molecule has 2 aromatic rings. The van der Waals surface area contributed by atoms with Gasteiger partial charge < -0.3 is 20.7 Å². The van der Waals surface area contributed by atoms with Gasteiger partial charge in [-0.05, 0) is 50.5 Å². The number of ether oxygens (including phenoxy) is 1. The number of pyridine rings is 1. The summed E-state index contributed by atoms with van der Waals surface area (Å²) in [5.74, 6) is 1.67. The highest BCUT2D eigenvalue weighted by molar-refractivity contribution is 7.14. The van der Waals surface area contributed by atoms with E-state index in [-0.39, 0.29) is 0 Å². The molecule has 2 heterocycles. The molecule has 2 aliphatic carbocycles. The molecule has 2 saturated carbocycles. The van der Waals surface area contributed by atoms with Gasteiger partial charge in [0.15, 0.2) is 5.13 Å². The molecule has 0 bridgehead atoms. The van der Waals surface area contributed by atoms with Gasteiger partial charge in [0.2, 0.25) is 0 Å². The molecule has 0 aliphatic heterocycles.